The molecule has 0 N–H and O–H groups in total. The second kappa shape index (κ2) is 8.27. The van der Waals surface area contributed by atoms with E-state index < -0.39 is 0 Å². The van der Waals surface area contributed by atoms with Crippen molar-refractivity contribution < 1.29 is 14.3 Å². The first-order valence-corrected chi connectivity index (χ1v) is 8.83. The molecule has 1 fully saturated rings. The van der Waals surface area contributed by atoms with Crippen molar-refractivity contribution in [3.05, 3.63) is 47.5 Å². The van der Waals surface area contributed by atoms with Crippen LogP contribution in [0.2, 0.25) is 0 Å². The quantitative estimate of drug-likeness (QED) is 0.794. The molecule has 0 bridgehead atoms. The summed E-state index contributed by atoms with van der Waals surface area (Å²) in [6, 6.07) is 5.98. The number of ether oxygens (including phenoxy) is 2. The van der Waals surface area contributed by atoms with Crippen LogP contribution < -0.4 is 9.47 Å². The summed E-state index contributed by atoms with van der Waals surface area (Å²) in [5, 5.41) is 0. The average Bonchev–Trinajstić information content (AvgIpc) is 2.66. The molecule has 1 aromatic carbocycles. The summed E-state index contributed by atoms with van der Waals surface area (Å²) in [5.41, 5.74) is 2.90. The van der Waals surface area contributed by atoms with E-state index in [0.717, 1.165) is 48.0 Å². The highest BCUT2D eigenvalue weighted by atomic mass is 16.5. The van der Waals surface area contributed by atoms with Crippen LogP contribution in [0.15, 0.2) is 30.6 Å². The Morgan fingerprint density at radius 3 is 2.73 bits per heavy atom. The monoisotopic (exact) mass is 355 g/mol. The number of hydrogen-bond acceptors (Lipinski definition) is 6. The number of carbonyl (C=O) groups excluding carboxylic acids is 1. The van der Waals surface area contributed by atoms with Crippen LogP contribution in [0.4, 0.5) is 0 Å². The molecule has 0 amide bonds. The van der Waals surface area contributed by atoms with Gasteiger partial charge in [-0.1, -0.05) is 6.07 Å². The van der Waals surface area contributed by atoms with Crippen LogP contribution >= 0.6 is 0 Å². The molecule has 26 heavy (non-hydrogen) atoms. The van der Waals surface area contributed by atoms with Gasteiger partial charge in [-0.15, -0.1) is 0 Å². The maximum atomic E-state index is 12.0. The maximum Gasteiger partial charge on any atom is 0.135 e. The van der Waals surface area contributed by atoms with Crippen LogP contribution in [-0.2, 0) is 17.8 Å². The van der Waals surface area contributed by atoms with E-state index in [1.807, 2.05) is 25.1 Å². The highest BCUT2D eigenvalue weighted by molar-refractivity contribution is 5.80. The van der Waals surface area contributed by atoms with E-state index in [1.54, 1.807) is 26.6 Å². The van der Waals surface area contributed by atoms with Gasteiger partial charge in [0.2, 0.25) is 0 Å². The van der Waals surface area contributed by atoms with Crippen molar-refractivity contribution in [1.29, 1.82) is 0 Å². The van der Waals surface area contributed by atoms with Gasteiger partial charge in [-0.3, -0.25) is 19.7 Å². The van der Waals surface area contributed by atoms with Gasteiger partial charge in [-0.05, 0) is 13.0 Å². The molecule has 2 heterocycles. The number of benzene rings is 1. The molecule has 1 aliphatic rings. The Labute approximate surface area is 154 Å². The standard InChI is InChI=1S/C20H25N3O3/c1-14-11-22-16(12-21-14)8-17-9-18(24)6-7-23(17)13-15-4-5-19(25-2)10-20(15)26-3/h4-5,10-12,17H,6-9,13H2,1-3H3. The number of rotatable bonds is 6. The van der Waals surface area contributed by atoms with Gasteiger partial charge in [0.05, 0.1) is 25.6 Å². The molecular formula is C20H25N3O3. The smallest absolute Gasteiger partial charge is 0.135 e. The van der Waals surface area contributed by atoms with E-state index in [9.17, 15) is 4.79 Å². The molecule has 1 aliphatic heterocycles. The third kappa shape index (κ3) is 4.38. The number of aryl methyl sites for hydroxylation is 1. The van der Waals surface area contributed by atoms with E-state index >= 15 is 0 Å². The van der Waals surface area contributed by atoms with Gasteiger partial charge >= 0.3 is 0 Å². The summed E-state index contributed by atoms with van der Waals surface area (Å²) >= 11 is 0. The lowest BCUT2D eigenvalue weighted by atomic mass is 9.96. The van der Waals surface area contributed by atoms with E-state index in [1.165, 1.54) is 0 Å². The summed E-state index contributed by atoms with van der Waals surface area (Å²) in [4.78, 5) is 23.1. The van der Waals surface area contributed by atoms with Crippen molar-refractivity contribution in [3.63, 3.8) is 0 Å². The summed E-state index contributed by atoms with van der Waals surface area (Å²) < 4.78 is 10.8. The molecule has 1 saturated heterocycles. The third-order valence-electron chi connectivity index (χ3n) is 4.80. The zero-order chi connectivity index (χ0) is 18.5. The second-order valence-electron chi connectivity index (χ2n) is 6.65. The maximum absolute atomic E-state index is 12.0. The van der Waals surface area contributed by atoms with Gasteiger partial charge in [0, 0.05) is 62.4 Å². The summed E-state index contributed by atoms with van der Waals surface area (Å²) in [6.45, 7) is 3.39. The average molecular weight is 355 g/mol. The second-order valence-corrected chi connectivity index (χ2v) is 6.65. The zero-order valence-electron chi connectivity index (χ0n) is 15.6. The fourth-order valence-electron chi connectivity index (χ4n) is 3.32. The van der Waals surface area contributed by atoms with E-state index in [0.29, 0.717) is 18.6 Å². The van der Waals surface area contributed by atoms with Gasteiger partial charge in [-0.25, -0.2) is 0 Å². The first-order chi connectivity index (χ1) is 12.6. The predicted octanol–water partition coefficient (Wildman–Crippen LogP) is 2.58. The number of hydrogen-bond donors (Lipinski definition) is 0. The van der Waals surface area contributed by atoms with Crippen molar-refractivity contribution >= 4 is 5.78 Å². The number of ketones is 1. The SMILES string of the molecule is COc1ccc(CN2CCC(=O)CC2Cc2cnc(C)cn2)c(OC)c1. The van der Waals surface area contributed by atoms with Crippen molar-refractivity contribution in [2.45, 2.75) is 38.8 Å². The van der Waals surface area contributed by atoms with E-state index in [2.05, 4.69) is 14.9 Å². The van der Waals surface area contributed by atoms with Crippen molar-refractivity contribution in [3.8, 4) is 11.5 Å². The number of methoxy groups -OCH3 is 2. The van der Waals surface area contributed by atoms with Crippen LogP contribution in [0.5, 0.6) is 11.5 Å². The lowest BCUT2D eigenvalue weighted by Crippen LogP contribution is -2.43. The number of carbonyl (C=O) groups is 1. The zero-order valence-corrected chi connectivity index (χ0v) is 15.6. The lowest BCUT2D eigenvalue weighted by molar-refractivity contribution is -0.123. The first kappa shape index (κ1) is 18.3. The molecule has 2 aromatic rings. The Morgan fingerprint density at radius 1 is 1.19 bits per heavy atom. The van der Waals surface area contributed by atoms with Gasteiger partial charge in [0.15, 0.2) is 0 Å². The fourth-order valence-corrected chi connectivity index (χ4v) is 3.32. The Morgan fingerprint density at radius 2 is 2.04 bits per heavy atom. The number of aromatic nitrogens is 2. The number of piperidine rings is 1. The number of nitrogens with zero attached hydrogens (tertiary/aromatic N) is 3. The highest BCUT2D eigenvalue weighted by Gasteiger charge is 2.28. The van der Waals surface area contributed by atoms with Gasteiger partial charge in [0.1, 0.15) is 17.3 Å². The van der Waals surface area contributed by atoms with Crippen LogP contribution in [0.25, 0.3) is 0 Å². The predicted molar refractivity (Wildman–Crippen MR) is 98.5 cm³/mol. The minimum atomic E-state index is 0.125. The highest BCUT2D eigenvalue weighted by Crippen LogP contribution is 2.28. The molecule has 0 saturated carbocycles. The molecule has 0 radical (unpaired) electrons. The molecule has 0 spiro atoms. The van der Waals surface area contributed by atoms with E-state index in [4.69, 9.17) is 9.47 Å². The molecule has 1 aromatic heterocycles. The van der Waals surface area contributed by atoms with Crippen molar-refractivity contribution in [2.75, 3.05) is 20.8 Å². The Balaban J connectivity index is 1.77. The molecule has 6 heteroatoms. The summed E-state index contributed by atoms with van der Waals surface area (Å²) in [6.07, 6.45) is 5.44. The number of likely N-dealkylation sites (tertiary alicyclic amines) is 1. The Hall–Kier alpha value is -2.47. The number of Topliss-reactive ketones (excluding diaryl/α,β-unsaturated/α-hetero) is 1. The van der Waals surface area contributed by atoms with Gasteiger partial charge in [0.25, 0.3) is 0 Å². The fraction of sp³-hybridized carbons (Fsp3) is 0.450. The molecule has 0 aliphatic carbocycles. The molecule has 1 atom stereocenters. The van der Waals surface area contributed by atoms with Crippen molar-refractivity contribution in [2.24, 2.45) is 0 Å². The van der Waals surface area contributed by atoms with Gasteiger partial charge in [-0.2, -0.15) is 0 Å². The van der Waals surface area contributed by atoms with Crippen LogP contribution in [0, 0.1) is 6.92 Å². The normalized spacial score (nSPS) is 18.0. The van der Waals surface area contributed by atoms with Crippen LogP contribution in [0.1, 0.15) is 29.8 Å². The van der Waals surface area contributed by atoms with Crippen LogP contribution in [-0.4, -0.2) is 47.5 Å². The first-order valence-electron chi connectivity index (χ1n) is 8.83. The topological polar surface area (TPSA) is 64.5 Å². The molecule has 1 unspecified atom stereocenters. The minimum absolute atomic E-state index is 0.125. The minimum Gasteiger partial charge on any atom is -0.497 e. The summed E-state index contributed by atoms with van der Waals surface area (Å²) in [7, 11) is 3.31. The lowest BCUT2D eigenvalue weighted by Gasteiger charge is -2.35. The Kier molecular flexibility index (Phi) is 5.83. The Bertz CT molecular complexity index is 761. The molecular weight excluding hydrogens is 330 g/mol. The third-order valence-corrected chi connectivity index (χ3v) is 4.80. The molecule has 138 valence electrons. The van der Waals surface area contributed by atoms with Crippen LogP contribution in [0.3, 0.4) is 0 Å². The summed E-state index contributed by atoms with van der Waals surface area (Å²) in [5.74, 6) is 1.88. The molecule has 6 nitrogen and oxygen atoms in total. The van der Waals surface area contributed by atoms with Crippen molar-refractivity contribution in [1.82, 2.24) is 14.9 Å². The van der Waals surface area contributed by atoms with Gasteiger partial charge < -0.3 is 9.47 Å². The van der Waals surface area contributed by atoms with E-state index in [-0.39, 0.29) is 6.04 Å². The largest absolute Gasteiger partial charge is 0.497 e. The molecule has 3 rings (SSSR count).